The van der Waals surface area contributed by atoms with Crippen molar-refractivity contribution in [2.75, 3.05) is 11.9 Å². The lowest BCUT2D eigenvalue weighted by Gasteiger charge is -2.09. The highest BCUT2D eigenvalue weighted by Crippen LogP contribution is 2.37. The molecule has 1 N–H and O–H groups in total. The fourth-order valence-corrected chi connectivity index (χ4v) is 3.87. The van der Waals surface area contributed by atoms with E-state index in [0.29, 0.717) is 21.7 Å². The van der Waals surface area contributed by atoms with Gasteiger partial charge in [0.25, 0.3) is 0 Å². The monoisotopic (exact) mass is 423 g/mol. The molecule has 154 valence electrons. The summed E-state index contributed by atoms with van der Waals surface area (Å²) < 4.78 is 18.5. The number of hydrogen-bond acceptors (Lipinski definition) is 4. The fraction of sp³-hybridized carbons (Fsp3) is 0.167. The summed E-state index contributed by atoms with van der Waals surface area (Å²) in [6.45, 7) is 6.00. The summed E-state index contributed by atoms with van der Waals surface area (Å²) in [5.74, 6) is -1.28. The molecule has 0 saturated heterocycles. The molecule has 4 nitrogen and oxygen atoms in total. The molecule has 2 aromatic carbocycles. The Bertz CT molecular complexity index is 1120. The lowest BCUT2D eigenvalue weighted by atomic mass is 9.99. The topological polar surface area (TPSA) is 55.4 Å². The molecule has 3 aromatic rings. The molecule has 1 amide bonds. The summed E-state index contributed by atoms with van der Waals surface area (Å²) in [5, 5.41) is 5.00. The van der Waals surface area contributed by atoms with Crippen molar-refractivity contribution in [2.24, 2.45) is 0 Å². The number of rotatable bonds is 6. The summed E-state index contributed by atoms with van der Waals surface area (Å²) in [6.07, 6.45) is 2.82. The molecule has 0 aliphatic carbocycles. The van der Waals surface area contributed by atoms with Crippen LogP contribution < -0.4 is 5.32 Å². The van der Waals surface area contributed by atoms with Crippen LogP contribution >= 0.6 is 11.3 Å². The molecule has 0 radical (unpaired) electrons. The van der Waals surface area contributed by atoms with E-state index in [9.17, 15) is 14.0 Å². The third kappa shape index (κ3) is 5.02. The number of carbonyl (C=O) groups is 2. The predicted molar refractivity (Wildman–Crippen MR) is 119 cm³/mol. The Morgan fingerprint density at radius 2 is 1.93 bits per heavy atom. The van der Waals surface area contributed by atoms with Crippen LogP contribution in [0.15, 0.2) is 53.9 Å². The Morgan fingerprint density at radius 3 is 2.63 bits per heavy atom. The number of carbonyl (C=O) groups excluding carboxylic acids is 2. The van der Waals surface area contributed by atoms with E-state index in [-0.39, 0.29) is 12.4 Å². The predicted octanol–water partition coefficient (Wildman–Crippen LogP) is 6.00. The molecule has 0 bridgehead atoms. The number of esters is 1. The van der Waals surface area contributed by atoms with Crippen LogP contribution in [0.4, 0.5) is 9.39 Å². The van der Waals surface area contributed by atoms with Crippen LogP contribution in [0.5, 0.6) is 0 Å². The molecule has 0 saturated carbocycles. The first kappa shape index (κ1) is 21.5. The summed E-state index contributed by atoms with van der Waals surface area (Å²) in [7, 11) is 0. The summed E-state index contributed by atoms with van der Waals surface area (Å²) in [4.78, 5) is 25.1. The smallest absolute Gasteiger partial charge is 0.341 e. The second-order valence-electron chi connectivity index (χ2n) is 6.75. The van der Waals surface area contributed by atoms with Crippen molar-refractivity contribution in [3.63, 3.8) is 0 Å². The van der Waals surface area contributed by atoms with E-state index >= 15 is 0 Å². The summed E-state index contributed by atoms with van der Waals surface area (Å²) in [5.41, 5.74) is 4.76. The van der Waals surface area contributed by atoms with Crippen molar-refractivity contribution >= 4 is 34.3 Å². The maximum Gasteiger partial charge on any atom is 0.341 e. The second kappa shape index (κ2) is 9.50. The van der Waals surface area contributed by atoms with Gasteiger partial charge in [0.05, 0.1) is 6.61 Å². The number of aryl methyl sites for hydroxylation is 2. The van der Waals surface area contributed by atoms with Crippen molar-refractivity contribution in [2.45, 2.75) is 20.8 Å². The first-order valence-corrected chi connectivity index (χ1v) is 10.4. The average molecular weight is 424 g/mol. The highest BCUT2D eigenvalue weighted by atomic mass is 32.1. The highest BCUT2D eigenvalue weighted by molar-refractivity contribution is 7.15. The average Bonchev–Trinajstić information content (AvgIpc) is 3.12. The van der Waals surface area contributed by atoms with Gasteiger partial charge in [0.1, 0.15) is 16.4 Å². The van der Waals surface area contributed by atoms with Crippen LogP contribution in [0, 0.1) is 19.7 Å². The van der Waals surface area contributed by atoms with Crippen LogP contribution in [0.2, 0.25) is 0 Å². The lowest BCUT2D eigenvalue weighted by molar-refractivity contribution is -0.111. The Morgan fingerprint density at radius 1 is 1.13 bits per heavy atom. The molecule has 0 atom stereocenters. The molecule has 0 unspecified atom stereocenters. The molecule has 0 spiro atoms. The number of halogens is 1. The third-order valence-electron chi connectivity index (χ3n) is 4.60. The minimum absolute atomic E-state index is 0.230. The quantitative estimate of drug-likeness (QED) is 0.391. The van der Waals surface area contributed by atoms with E-state index in [1.165, 1.54) is 35.6 Å². The first-order valence-electron chi connectivity index (χ1n) is 9.50. The van der Waals surface area contributed by atoms with Gasteiger partial charge in [-0.2, -0.15) is 0 Å². The van der Waals surface area contributed by atoms with Crippen LogP contribution in [0.1, 0.15) is 34.0 Å². The molecule has 3 rings (SSSR count). The van der Waals surface area contributed by atoms with Gasteiger partial charge in [-0.3, -0.25) is 4.79 Å². The van der Waals surface area contributed by atoms with Crippen LogP contribution in [-0.2, 0) is 9.53 Å². The zero-order chi connectivity index (χ0) is 21.7. The first-order chi connectivity index (χ1) is 14.4. The third-order valence-corrected chi connectivity index (χ3v) is 5.50. The maximum atomic E-state index is 13.3. The number of nitrogens with one attached hydrogen (secondary N) is 1. The van der Waals surface area contributed by atoms with E-state index in [1.54, 1.807) is 19.1 Å². The van der Waals surface area contributed by atoms with Crippen LogP contribution in [-0.4, -0.2) is 18.5 Å². The second-order valence-corrected chi connectivity index (χ2v) is 7.63. The molecule has 6 heteroatoms. The van der Waals surface area contributed by atoms with Gasteiger partial charge < -0.3 is 10.1 Å². The van der Waals surface area contributed by atoms with Crippen molar-refractivity contribution in [3.05, 3.63) is 82.0 Å². The van der Waals surface area contributed by atoms with Gasteiger partial charge in [-0.1, -0.05) is 30.3 Å². The molecule has 1 aromatic heterocycles. The number of ether oxygens (including phenoxy) is 1. The fourth-order valence-electron chi connectivity index (χ4n) is 2.91. The van der Waals surface area contributed by atoms with Gasteiger partial charge in [-0.05, 0) is 61.2 Å². The SMILES string of the molecule is CCOC(=O)c1c(-c2ccc(C)c(C)c2)csc1NC(=O)/C=C/c1cccc(F)c1. The normalized spacial score (nSPS) is 10.9. The molecule has 0 fully saturated rings. The van der Waals surface area contributed by atoms with Gasteiger partial charge in [0.2, 0.25) is 5.91 Å². The Balaban J connectivity index is 1.90. The Hall–Kier alpha value is -3.25. The molecule has 0 aliphatic heterocycles. The number of benzene rings is 2. The summed E-state index contributed by atoms with van der Waals surface area (Å²) in [6, 6.07) is 11.9. The van der Waals surface area contributed by atoms with Crippen molar-refractivity contribution in [1.82, 2.24) is 0 Å². The van der Waals surface area contributed by atoms with Gasteiger partial charge >= 0.3 is 5.97 Å². The molecule has 1 heterocycles. The van der Waals surface area contributed by atoms with Crippen LogP contribution in [0.25, 0.3) is 17.2 Å². The van der Waals surface area contributed by atoms with E-state index in [0.717, 1.165) is 16.7 Å². The molecule has 30 heavy (non-hydrogen) atoms. The minimum Gasteiger partial charge on any atom is -0.462 e. The van der Waals surface area contributed by atoms with Crippen molar-refractivity contribution < 1.29 is 18.7 Å². The maximum absolute atomic E-state index is 13.3. The van der Waals surface area contributed by atoms with Gasteiger partial charge in [-0.15, -0.1) is 11.3 Å². The Kier molecular flexibility index (Phi) is 6.79. The van der Waals surface area contributed by atoms with Gasteiger partial charge in [0.15, 0.2) is 0 Å². The van der Waals surface area contributed by atoms with Crippen LogP contribution in [0.3, 0.4) is 0 Å². The molecular formula is C24H22FNO3S. The number of anilines is 1. The zero-order valence-electron chi connectivity index (χ0n) is 17.0. The van der Waals surface area contributed by atoms with E-state index in [1.807, 2.05) is 37.4 Å². The molecule has 0 aliphatic rings. The lowest BCUT2D eigenvalue weighted by Crippen LogP contribution is -2.12. The van der Waals surface area contributed by atoms with Gasteiger partial charge in [0, 0.05) is 17.0 Å². The van der Waals surface area contributed by atoms with E-state index in [4.69, 9.17) is 4.74 Å². The van der Waals surface area contributed by atoms with E-state index in [2.05, 4.69) is 5.32 Å². The zero-order valence-corrected chi connectivity index (χ0v) is 17.8. The van der Waals surface area contributed by atoms with Crippen molar-refractivity contribution in [1.29, 1.82) is 0 Å². The highest BCUT2D eigenvalue weighted by Gasteiger charge is 2.22. The van der Waals surface area contributed by atoms with Crippen molar-refractivity contribution in [3.8, 4) is 11.1 Å². The largest absolute Gasteiger partial charge is 0.462 e. The number of thiophene rings is 1. The Labute approximate surface area is 179 Å². The number of amides is 1. The standard InChI is InChI=1S/C24H22FNO3S/c1-4-29-24(28)22-20(18-10-8-15(2)16(3)12-18)14-30-23(22)26-21(27)11-9-17-6-5-7-19(25)13-17/h5-14H,4H2,1-3H3,(H,26,27)/b11-9+. The van der Waals surface area contributed by atoms with Gasteiger partial charge in [-0.25, -0.2) is 9.18 Å². The minimum atomic E-state index is -0.489. The summed E-state index contributed by atoms with van der Waals surface area (Å²) >= 11 is 1.26. The number of hydrogen-bond donors (Lipinski definition) is 1. The molecular weight excluding hydrogens is 401 g/mol. The van der Waals surface area contributed by atoms with E-state index < -0.39 is 11.9 Å².